The maximum atomic E-state index is 12.3. The first-order valence-electron chi connectivity index (χ1n) is 8.20. The standard InChI is InChI=1S/C19H23ClN2O2S2/c1-12-7-13(2)19(14(3)8-12)21-17(23)9-22(4)18(24)11-25-10-15-5-6-16(20)26-15/h5-8H,9-11H2,1-4H3,(H,21,23). The van der Waals surface area contributed by atoms with Crippen molar-refractivity contribution in [3.05, 3.63) is 50.2 Å². The van der Waals surface area contributed by atoms with Crippen LogP contribution in [0.2, 0.25) is 4.34 Å². The summed E-state index contributed by atoms with van der Waals surface area (Å²) in [6, 6.07) is 7.89. The average Bonchev–Trinajstić information content (AvgIpc) is 2.96. The Morgan fingerprint density at radius 2 is 1.85 bits per heavy atom. The van der Waals surface area contributed by atoms with Crippen LogP contribution in [0.15, 0.2) is 24.3 Å². The van der Waals surface area contributed by atoms with Crippen LogP contribution in [0.5, 0.6) is 0 Å². The van der Waals surface area contributed by atoms with Gasteiger partial charge in [0.05, 0.1) is 16.6 Å². The van der Waals surface area contributed by atoms with Crippen LogP contribution in [0.1, 0.15) is 21.6 Å². The van der Waals surface area contributed by atoms with Gasteiger partial charge in [-0.3, -0.25) is 9.59 Å². The fraction of sp³-hybridized carbons (Fsp3) is 0.368. The second-order valence-corrected chi connectivity index (χ2v) is 9.06. The summed E-state index contributed by atoms with van der Waals surface area (Å²) in [6.07, 6.45) is 0. The molecule has 2 aromatic rings. The zero-order chi connectivity index (χ0) is 19.3. The Bertz CT molecular complexity index is 782. The summed E-state index contributed by atoms with van der Waals surface area (Å²) in [5, 5.41) is 2.92. The first-order chi connectivity index (χ1) is 12.3. The molecule has 0 aliphatic carbocycles. The summed E-state index contributed by atoms with van der Waals surface area (Å²) >= 11 is 8.94. The number of amides is 2. The van der Waals surface area contributed by atoms with Crippen LogP contribution in [0.4, 0.5) is 5.69 Å². The highest BCUT2D eigenvalue weighted by Crippen LogP contribution is 2.25. The number of hydrogen-bond donors (Lipinski definition) is 1. The van der Waals surface area contributed by atoms with E-state index in [0.29, 0.717) is 5.75 Å². The molecule has 0 unspecified atom stereocenters. The lowest BCUT2D eigenvalue weighted by atomic mass is 10.1. The lowest BCUT2D eigenvalue weighted by Crippen LogP contribution is -2.36. The Kier molecular flexibility index (Phi) is 7.55. The number of nitrogens with zero attached hydrogens (tertiary/aromatic N) is 1. The van der Waals surface area contributed by atoms with Crippen LogP contribution >= 0.6 is 34.7 Å². The van der Waals surface area contributed by atoms with Crippen LogP contribution in [0.3, 0.4) is 0 Å². The van der Waals surface area contributed by atoms with Crippen LogP contribution in [0, 0.1) is 20.8 Å². The highest BCUT2D eigenvalue weighted by molar-refractivity contribution is 7.99. The minimum absolute atomic E-state index is 0.0387. The van der Waals surface area contributed by atoms with Gasteiger partial charge in [-0.05, 0) is 44.0 Å². The molecule has 0 aliphatic rings. The zero-order valence-electron chi connectivity index (χ0n) is 15.4. The van der Waals surface area contributed by atoms with Gasteiger partial charge in [-0.15, -0.1) is 23.1 Å². The summed E-state index contributed by atoms with van der Waals surface area (Å²) in [4.78, 5) is 27.1. The van der Waals surface area contributed by atoms with Crippen molar-refractivity contribution in [3.63, 3.8) is 0 Å². The molecule has 26 heavy (non-hydrogen) atoms. The molecule has 1 aromatic carbocycles. The molecule has 7 heteroatoms. The molecular formula is C19H23ClN2O2S2. The molecule has 0 bridgehead atoms. The predicted octanol–water partition coefficient (Wildman–Crippen LogP) is 4.66. The number of thiophene rings is 1. The van der Waals surface area contributed by atoms with Crippen LogP contribution in [-0.2, 0) is 15.3 Å². The molecule has 0 spiro atoms. The van der Waals surface area contributed by atoms with Crippen LogP contribution in [0.25, 0.3) is 0 Å². The molecule has 4 nitrogen and oxygen atoms in total. The molecule has 2 amide bonds. The van der Waals surface area contributed by atoms with Gasteiger partial charge in [0.1, 0.15) is 0 Å². The van der Waals surface area contributed by atoms with E-state index in [-0.39, 0.29) is 18.4 Å². The molecule has 0 atom stereocenters. The Labute approximate surface area is 167 Å². The van der Waals surface area contributed by atoms with Gasteiger partial charge < -0.3 is 10.2 Å². The van der Waals surface area contributed by atoms with Crippen molar-refractivity contribution in [2.45, 2.75) is 26.5 Å². The monoisotopic (exact) mass is 410 g/mol. The molecule has 1 heterocycles. The number of carbonyl (C=O) groups is 2. The second kappa shape index (κ2) is 9.44. The molecule has 0 radical (unpaired) electrons. The summed E-state index contributed by atoms with van der Waals surface area (Å²) in [6.45, 7) is 6.01. The molecule has 2 rings (SSSR count). The summed E-state index contributed by atoms with van der Waals surface area (Å²) < 4.78 is 0.752. The largest absolute Gasteiger partial charge is 0.336 e. The lowest BCUT2D eigenvalue weighted by Gasteiger charge is -2.18. The van der Waals surface area contributed by atoms with E-state index in [1.54, 1.807) is 7.05 Å². The topological polar surface area (TPSA) is 49.4 Å². The van der Waals surface area contributed by atoms with E-state index in [1.165, 1.54) is 28.0 Å². The molecule has 0 fully saturated rings. The Hall–Kier alpha value is -1.50. The summed E-state index contributed by atoms with van der Waals surface area (Å²) in [5.41, 5.74) is 4.03. The maximum Gasteiger partial charge on any atom is 0.243 e. The molecule has 0 saturated heterocycles. The first-order valence-corrected chi connectivity index (χ1v) is 10.5. The maximum absolute atomic E-state index is 12.3. The van der Waals surface area contributed by atoms with Crippen molar-refractivity contribution in [3.8, 4) is 0 Å². The number of likely N-dealkylation sites (N-methyl/N-ethyl adjacent to an activating group) is 1. The number of nitrogens with one attached hydrogen (secondary N) is 1. The van der Waals surface area contributed by atoms with Gasteiger partial charge in [0.2, 0.25) is 11.8 Å². The molecule has 140 valence electrons. The van der Waals surface area contributed by atoms with Gasteiger partial charge in [-0.2, -0.15) is 0 Å². The third-order valence-corrected chi connectivity index (χ3v) is 6.23. The normalized spacial score (nSPS) is 10.7. The van der Waals surface area contributed by atoms with Gasteiger partial charge in [0, 0.05) is 23.4 Å². The number of aryl methyl sites for hydroxylation is 3. The van der Waals surface area contributed by atoms with Gasteiger partial charge in [-0.1, -0.05) is 29.3 Å². The van der Waals surface area contributed by atoms with Crippen molar-refractivity contribution >= 4 is 52.2 Å². The van der Waals surface area contributed by atoms with Gasteiger partial charge >= 0.3 is 0 Å². The molecule has 0 saturated carbocycles. The Balaban J connectivity index is 1.81. The Morgan fingerprint density at radius 3 is 2.42 bits per heavy atom. The fourth-order valence-electron chi connectivity index (χ4n) is 2.64. The highest BCUT2D eigenvalue weighted by Gasteiger charge is 2.15. The van der Waals surface area contributed by atoms with Gasteiger partial charge in [0.25, 0.3) is 0 Å². The quantitative estimate of drug-likeness (QED) is 0.722. The second-order valence-electron chi connectivity index (χ2n) is 6.27. The number of anilines is 1. The van der Waals surface area contributed by atoms with E-state index in [4.69, 9.17) is 11.6 Å². The van der Waals surface area contributed by atoms with Crippen molar-refractivity contribution in [1.29, 1.82) is 0 Å². The molecule has 1 N–H and O–H groups in total. The SMILES string of the molecule is Cc1cc(C)c(NC(=O)CN(C)C(=O)CSCc2ccc(Cl)s2)c(C)c1. The fourth-order valence-corrected chi connectivity index (χ4v) is 4.80. The number of hydrogen-bond acceptors (Lipinski definition) is 4. The number of benzene rings is 1. The smallest absolute Gasteiger partial charge is 0.243 e. The van der Waals surface area contributed by atoms with Crippen molar-refractivity contribution in [1.82, 2.24) is 4.90 Å². The molecular weight excluding hydrogens is 388 g/mol. The van der Waals surface area contributed by atoms with Crippen LogP contribution in [-0.4, -0.2) is 36.1 Å². The average molecular weight is 411 g/mol. The molecule has 0 aliphatic heterocycles. The lowest BCUT2D eigenvalue weighted by molar-refractivity contribution is -0.131. The van der Waals surface area contributed by atoms with E-state index in [1.807, 2.05) is 45.0 Å². The predicted molar refractivity (Wildman–Crippen MR) is 112 cm³/mol. The third-order valence-electron chi connectivity index (χ3n) is 3.85. The number of thioether (sulfide) groups is 1. The van der Waals surface area contributed by atoms with E-state index in [9.17, 15) is 9.59 Å². The van der Waals surface area contributed by atoms with Crippen molar-refractivity contribution in [2.24, 2.45) is 0 Å². The minimum atomic E-state index is -0.189. The van der Waals surface area contributed by atoms with E-state index in [0.717, 1.165) is 37.3 Å². The van der Waals surface area contributed by atoms with E-state index in [2.05, 4.69) is 5.32 Å². The third kappa shape index (κ3) is 6.04. The van der Waals surface area contributed by atoms with E-state index >= 15 is 0 Å². The minimum Gasteiger partial charge on any atom is -0.336 e. The number of rotatable bonds is 7. The number of halogens is 1. The van der Waals surface area contributed by atoms with Crippen molar-refractivity contribution in [2.75, 3.05) is 24.7 Å². The first kappa shape index (κ1) is 20.8. The van der Waals surface area contributed by atoms with Crippen molar-refractivity contribution < 1.29 is 9.59 Å². The van der Waals surface area contributed by atoms with Gasteiger partial charge in [0.15, 0.2) is 0 Å². The summed E-state index contributed by atoms with van der Waals surface area (Å²) in [5.74, 6) is 0.823. The van der Waals surface area contributed by atoms with E-state index < -0.39 is 0 Å². The van der Waals surface area contributed by atoms with Crippen LogP contribution < -0.4 is 5.32 Å². The Morgan fingerprint density at radius 1 is 1.19 bits per heavy atom. The van der Waals surface area contributed by atoms with Gasteiger partial charge in [-0.25, -0.2) is 0 Å². The molecule has 1 aromatic heterocycles. The number of carbonyl (C=O) groups excluding carboxylic acids is 2. The summed E-state index contributed by atoms with van der Waals surface area (Å²) in [7, 11) is 1.65. The zero-order valence-corrected chi connectivity index (χ0v) is 17.8. The highest BCUT2D eigenvalue weighted by atomic mass is 35.5.